The second-order valence-corrected chi connectivity index (χ2v) is 6.85. The van der Waals surface area contributed by atoms with Gasteiger partial charge in [-0.3, -0.25) is 9.89 Å². The van der Waals surface area contributed by atoms with E-state index in [4.69, 9.17) is 4.74 Å². The van der Waals surface area contributed by atoms with E-state index in [1.807, 2.05) is 0 Å². The molecule has 3 heterocycles. The summed E-state index contributed by atoms with van der Waals surface area (Å²) in [4.78, 5) is 20.2. The number of pyridine rings is 2. The van der Waals surface area contributed by atoms with Crippen molar-refractivity contribution in [1.82, 2.24) is 20.2 Å². The minimum atomic E-state index is -4.52. The van der Waals surface area contributed by atoms with Crippen LogP contribution < -0.4 is 10.1 Å². The van der Waals surface area contributed by atoms with E-state index in [9.17, 15) is 18.0 Å². The van der Waals surface area contributed by atoms with Gasteiger partial charge in [0.15, 0.2) is 5.65 Å². The van der Waals surface area contributed by atoms with Gasteiger partial charge < -0.3 is 10.1 Å². The summed E-state index contributed by atoms with van der Waals surface area (Å²) in [6.45, 7) is 0. The van der Waals surface area contributed by atoms with Gasteiger partial charge in [0.05, 0.1) is 10.9 Å². The van der Waals surface area contributed by atoms with Crippen LogP contribution in [-0.4, -0.2) is 26.1 Å². The zero-order chi connectivity index (χ0) is 21.3. The lowest BCUT2D eigenvalue weighted by atomic mass is 10.2. The Hall–Kier alpha value is -3.47. The summed E-state index contributed by atoms with van der Waals surface area (Å²) < 4.78 is 44.8. The zero-order valence-electron chi connectivity index (χ0n) is 14.9. The molecule has 0 bridgehead atoms. The number of anilines is 1. The smallest absolute Gasteiger partial charge is 0.416 e. The lowest BCUT2D eigenvalue weighted by Gasteiger charge is -2.10. The van der Waals surface area contributed by atoms with E-state index in [-0.39, 0.29) is 11.4 Å². The van der Waals surface area contributed by atoms with Crippen LogP contribution in [0.25, 0.3) is 11.0 Å². The maximum Gasteiger partial charge on any atom is 0.416 e. The van der Waals surface area contributed by atoms with Crippen molar-refractivity contribution >= 4 is 38.7 Å². The molecule has 0 atom stereocenters. The predicted molar refractivity (Wildman–Crippen MR) is 105 cm³/mol. The molecule has 0 spiro atoms. The first-order valence-electron chi connectivity index (χ1n) is 8.42. The van der Waals surface area contributed by atoms with E-state index in [0.717, 1.165) is 18.3 Å². The molecule has 0 saturated carbocycles. The average molecular weight is 478 g/mol. The molecule has 152 valence electrons. The molecule has 0 aliphatic carbocycles. The first-order valence-corrected chi connectivity index (χ1v) is 9.21. The summed E-state index contributed by atoms with van der Waals surface area (Å²) in [5, 5.41) is 9.80. The van der Waals surface area contributed by atoms with Gasteiger partial charge in [-0.25, -0.2) is 9.97 Å². The topological polar surface area (TPSA) is 92.8 Å². The molecule has 3 aromatic heterocycles. The largest absolute Gasteiger partial charge is 0.456 e. The van der Waals surface area contributed by atoms with Gasteiger partial charge in [-0.15, -0.1) is 0 Å². The fraction of sp³-hybridized carbons (Fsp3) is 0.0526. The number of ether oxygens (including phenoxy) is 1. The van der Waals surface area contributed by atoms with Crippen molar-refractivity contribution < 1.29 is 22.7 Å². The minimum Gasteiger partial charge on any atom is -0.456 e. The maximum atomic E-state index is 12.8. The van der Waals surface area contributed by atoms with Crippen LogP contribution >= 0.6 is 15.9 Å². The van der Waals surface area contributed by atoms with Crippen molar-refractivity contribution in [2.24, 2.45) is 0 Å². The molecule has 4 rings (SSSR count). The fourth-order valence-corrected chi connectivity index (χ4v) is 3.09. The Labute approximate surface area is 175 Å². The number of rotatable bonds is 4. The summed E-state index contributed by atoms with van der Waals surface area (Å²) in [7, 11) is 0. The maximum absolute atomic E-state index is 12.8. The molecule has 2 N–H and O–H groups in total. The summed E-state index contributed by atoms with van der Waals surface area (Å²) in [6.07, 6.45) is -1.99. The number of nitrogens with zero attached hydrogens (tertiary/aromatic N) is 3. The number of alkyl halides is 3. The molecule has 11 heteroatoms. The van der Waals surface area contributed by atoms with Gasteiger partial charge in [-0.2, -0.15) is 18.3 Å². The normalized spacial score (nSPS) is 11.5. The van der Waals surface area contributed by atoms with Crippen molar-refractivity contribution in [2.45, 2.75) is 6.18 Å². The Morgan fingerprint density at radius 2 is 1.80 bits per heavy atom. The predicted octanol–water partition coefficient (Wildman–Crippen LogP) is 5.18. The molecule has 1 amide bonds. The number of hydrogen-bond donors (Lipinski definition) is 2. The van der Waals surface area contributed by atoms with E-state index >= 15 is 0 Å². The molecule has 4 aromatic rings. The highest BCUT2D eigenvalue weighted by molar-refractivity contribution is 9.10. The van der Waals surface area contributed by atoms with Crippen molar-refractivity contribution in [2.75, 3.05) is 5.32 Å². The molecule has 7 nitrogen and oxygen atoms in total. The number of amides is 1. The first-order chi connectivity index (χ1) is 14.3. The van der Waals surface area contributed by atoms with Gasteiger partial charge in [-0.1, -0.05) is 0 Å². The molecular weight excluding hydrogens is 467 g/mol. The number of nitrogens with one attached hydrogen (secondary N) is 2. The number of carbonyl (C=O) groups is 1. The first kappa shape index (κ1) is 19.8. The van der Waals surface area contributed by atoms with E-state index in [0.29, 0.717) is 27.1 Å². The molecule has 1 aromatic carbocycles. The Bertz CT molecular complexity index is 1230. The number of fused-ring (bicyclic) bond motifs is 1. The Balaban J connectivity index is 1.49. The third-order valence-electron chi connectivity index (χ3n) is 4.05. The van der Waals surface area contributed by atoms with Crippen LogP contribution in [0.5, 0.6) is 11.5 Å². The SMILES string of the molecule is O=C(Nc1cc(C(F)(F)F)ccn1)c1ccc(Oc2ccnc3n[nH]c(Br)c23)cc1. The summed E-state index contributed by atoms with van der Waals surface area (Å²) in [5.74, 6) is 0.159. The van der Waals surface area contributed by atoms with E-state index in [1.54, 1.807) is 24.4 Å². The molecule has 30 heavy (non-hydrogen) atoms. The van der Waals surface area contributed by atoms with Gasteiger partial charge in [-0.05, 0) is 52.3 Å². The second-order valence-electron chi connectivity index (χ2n) is 6.05. The standard InChI is InChI=1S/C19H11BrF3N5O2/c20-16-15-13(6-8-25-17(15)28-27-16)30-12-3-1-10(2-4-12)18(29)26-14-9-11(5-7-24-14)19(21,22)23/h1-9H,(H,24,26,29)(H,25,27,28). The highest BCUT2D eigenvalue weighted by atomic mass is 79.9. The quantitative estimate of drug-likeness (QED) is 0.422. The van der Waals surface area contributed by atoms with Gasteiger partial charge in [0.2, 0.25) is 0 Å². The van der Waals surface area contributed by atoms with Gasteiger partial charge >= 0.3 is 6.18 Å². The fourth-order valence-electron chi connectivity index (χ4n) is 2.63. The number of aromatic amines is 1. The van der Waals surface area contributed by atoms with Crippen molar-refractivity contribution in [1.29, 1.82) is 0 Å². The number of benzene rings is 1. The summed E-state index contributed by atoms with van der Waals surface area (Å²) >= 11 is 3.34. The average Bonchev–Trinajstić information content (AvgIpc) is 3.10. The summed E-state index contributed by atoms with van der Waals surface area (Å²) in [5.41, 5.74) is -0.194. The van der Waals surface area contributed by atoms with E-state index in [2.05, 4.69) is 41.4 Å². The van der Waals surface area contributed by atoms with E-state index in [1.165, 1.54) is 12.1 Å². The number of hydrogen-bond acceptors (Lipinski definition) is 5. The number of halogens is 4. The number of aromatic nitrogens is 4. The van der Waals surface area contributed by atoms with Gasteiger partial charge in [0, 0.05) is 24.0 Å². The van der Waals surface area contributed by atoms with E-state index < -0.39 is 17.6 Å². The highest BCUT2D eigenvalue weighted by Gasteiger charge is 2.30. The molecule has 0 aliphatic heterocycles. The monoisotopic (exact) mass is 477 g/mol. The van der Waals surface area contributed by atoms with Crippen molar-refractivity contribution in [3.05, 3.63) is 70.6 Å². The van der Waals surface area contributed by atoms with Gasteiger partial charge in [0.25, 0.3) is 5.91 Å². The lowest BCUT2D eigenvalue weighted by Crippen LogP contribution is -2.14. The molecule has 0 saturated heterocycles. The molecule has 0 radical (unpaired) electrons. The summed E-state index contributed by atoms with van der Waals surface area (Å²) in [6, 6.07) is 9.37. The Morgan fingerprint density at radius 1 is 1.07 bits per heavy atom. The molecule has 0 unspecified atom stereocenters. The second kappa shape index (κ2) is 7.75. The Morgan fingerprint density at radius 3 is 2.53 bits per heavy atom. The van der Waals surface area contributed by atoms with Gasteiger partial charge in [0.1, 0.15) is 21.9 Å². The molecule has 0 fully saturated rings. The van der Waals surface area contributed by atoms with Crippen molar-refractivity contribution in [3.63, 3.8) is 0 Å². The van der Waals surface area contributed by atoms with Crippen LogP contribution in [0.3, 0.4) is 0 Å². The molecular formula is C19H11BrF3N5O2. The minimum absolute atomic E-state index is 0.195. The number of H-pyrrole nitrogens is 1. The third-order valence-corrected chi connectivity index (χ3v) is 4.62. The van der Waals surface area contributed by atoms with Crippen LogP contribution in [0.4, 0.5) is 19.0 Å². The van der Waals surface area contributed by atoms with Crippen LogP contribution in [0, 0.1) is 0 Å². The number of carbonyl (C=O) groups excluding carboxylic acids is 1. The Kier molecular flexibility index (Phi) is 5.12. The van der Waals surface area contributed by atoms with Crippen molar-refractivity contribution in [3.8, 4) is 11.5 Å². The van der Waals surface area contributed by atoms with Crippen LogP contribution in [0.2, 0.25) is 0 Å². The van der Waals surface area contributed by atoms with Crippen LogP contribution in [0.1, 0.15) is 15.9 Å². The highest BCUT2D eigenvalue weighted by Crippen LogP contribution is 2.33. The third kappa shape index (κ3) is 4.10. The lowest BCUT2D eigenvalue weighted by molar-refractivity contribution is -0.137. The van der Waals surface area contributed by atoms with Crippen LogP contribution in [-0.2, 0) is 6.18 Å². The molecule has 0 aliphatic rings. The zero-order valence-corrected chi connectivity index (χ0v) is 16.5. The van der Waals surface area contributed by atoms with Crippen LogP contribution in [0.15, 0.2) is 59.5 Å².